The predicted molar refractivity (Wildman–Crippen MR) is 104 cm³/mol. The van der Waals surface area contributed by atoms with Gasteiger partial charge in [-0.05, 0) is 42.0 Å². The van der Waals surface area contributed by atoms with E-state index < -0.39 is 10.0 Å². The number of benzene rings is 1. The molecule has 1 aromatic heterocycles. The number of sulfonamides is 1. The smallest absolute Gasteiger partial charge is 0.252 e. The highest BCUT2D eigenvalue weighted by atomic mass is 35.5. The van der Waals surface area contributed by atoms with Crippen molar-refractivity contribution in [1.29, 1.82) is 0 Å². The van der Waals surface area contributed by atoms with E-state index in [1.807, 2.05) is 12.1 Å². The van der Waals surface area contributed by atoms with Crippen molar-refractivity contribution >= 4 is 38.9 Å². The lowest BCUT2D eigenvalue weighted by atomic mass is 9.98. The van der Waals surface area contributed by atoms with Gasteiger partial charge in [0.25, 0.3) is 10.0 Å². The van der Waals surface area contributed by atoms with E-state index in [2.05, 4.69) is 0 Å². The molecule has 2 aromatic rings. The van der Waals surface area contributed by atoms with Crippen LogP contribution in [-0.4, -0.2) is 43.7 Å². The number of halogens is 1. The van der Waals surface area contributed by atoms with E-state index in [9.17, 15) is 13.2 Å². The highest BCUT2D eigenvalue weighted by Crippen LogP contribution is 2.27. The van der Waals surface area contributed by atoms with Crippen LogP contribution in [0.25, 0.3) is 0 Å². The topological polar surface area (TPSA) is 57.7 Å². The summed E-state index contributed by atoms with van der Waals surface area (Å²) in [4.78, 5) is 14.5. The van der Waals surface area contributed by atoms with Crippen molar-refractivity contribution in [3.63, 3.8) is 0 Å². The molecule has 1 aliphatic heterocycles. The minimum Gasteiger partial charge on any atom is -0.341 e. The molecule has 2 heterocycles. The van der Waals surface area contributed by atoms with Gasteiger partial charge in [0, 0.05) is 31.7 Å². The Morgan fingerprint density at radius 1 is 1.31 bits per heavy atom. The quantitative estimate of drug-likeness (QED) is 0.755. The fourth-order valence-corrected chi connectivity index (χ4v) is 5.95. The van der Waals surface area contributed by atoms with Crippen LogP contribution in [0.15, 0.2) is 46.0 Å². The van der Waals surface area contributed by atoms with Gasteiger partial charge in [-0.25, -0.2) is 8.42 Å². The maximum atomic E-state index is 12.8. The zero-order valence-electron chi connectivity index (χ0n) is 14.5. The van der Waals surface area contributed by atoms with Crippen molar-refractivity contribution in [3.05, 3.63) is 52.4 Å². The first-order chi connectivity index (χ1) is 12.4. The van der Waals surface area contributed by atoms with Crippen LogP contribution < -0.4 is 0 Å². The van der Waals surface area contributed by atoms with Gasteiger partial charge in [0.2, 0.25) is 5.91 Å². The molecule has 0 aliphatic carbocycles. The molecule has 1 amide bonds. The Morgan fingerprint density at radius 2 is 2.04 bits per heavy atom. The number of carbonyl (C=O) groups is 1. The predicted octanol–water partition coefficient (Wildman–Crippen LogP) is 3.46. The standard InChI is InChI=1S/C18H21ClN2O3S2/c1-20(12-14-6-8-16(19)9-7-14)18(22)15-4-2-10-21(13-15)26(23,24)17-5-3-11-25-17/h3,5-9,11,15H,2,4,10,12-13H2,1H3/t15-/m1/s1. The summed E-state index contributed by atoms with van der Waals surface area (Å²) in [6.45, 7) is 1.18. The summed E-state index contributed by atoms with van der Waals surface area (Å²) in [5, 5.41) is 2.41. The van der Waals surface area contributed by atoms with Crippen molar-refractivity contribution in [2.45, 2.75) is 23.6 Å². The summed E-state index contributed by atoms with van der Waals surface area (Å²) < 4.78 is 27.2. The molecular weight excluding hydrogens is 392 g/mol. The second-order valence-corrected chi connectivity index (χ2v) is 10.0. The third-order valence-electron chi connectivity index (χ3n) is 4.53. The lowest BCUT2D eigenvalue weighted by Gasteiger charge is -2.33. The van der Waals surface area contributed by atoms with Crippen LogP contribution in [0.2, 0.25) is 5.02 Å². The maximum absolute atomic E-state index is 12.8. The second kappa shape index (κ2) is 8.08. The first-order valence-electron chi connectivity index (χ1n) is 8.41. The zero-order chi connectivity index (χ0) is 18.7. The van der Waals surface area contributed by atoms with E-state index in [1.165, 1.54) is 15.6 Å². The van der Waals surface area contributed by atoms with E-state index >= 15 is 0 Å². The van der Waals surface area contributed by atoms with Gasteiger partial charge < -0.3 is 4.90 Å². The first-order valence-corrected chi connectivity index (χ1v) is 11.1. The molecule has 0 radical (unpaired) electrons. The van der Waals surface area contributed by atoms with Crippen molar-refractivity contribution in [2.75, 3.05) is 20.1 Å². The molecule has 0 bridgehead atoms. The Hall–Kier alpha value is -1.41. The largest absolute Gasteiger partial charge is 0.341 e. The van der Waals surface area contributed by atoms with Crippen LogP contribution in [0, 0.1) is 5.92 Å². The van der Waals surface area contributed by atoms with Gasteiger partial charge in [-0.1, -0.05) is 29.8 Å². The normalized spacial score (nSPS) is 18.6. The molecule has 5 nitrogen and oxygen atoms in total. The van der Waals surface area contributed by atoms with Crippen LogP contribution in [0.4, 0.5) is 0 Å². The highest BCUT2D eigenvalue weighted by Gasteiger charge is 2.34. The van der Waals surface area contributed by atoms with Crippen LogP contribution in [0.3, 0.4) is 0 Å². The molecule has 140 valence electrons. The van der Waals surface area contributed by atoms with Crippen LogP contribution in [0.5, 0.6) is 0 Å². The average molecular weight is 413 g/mol. The molecule has 1 atom stereocenters. The highest BCUT2D eigenvalue weighted by molar-refractivity contribution is 7.91. The summed E-state index contributed by atoms with van der Waals surface area (Å²) in [7, 11) is -1.75. The third-order valence-corrected chi connectivity index (χ3v) is 8.02. The van der Waals surface area contributed by atoms with Crippen molar-refractivity contribution < 1.29 is 13.2 Å². The maximum Gasteiger partial charge on any atom is 0.252 e. The fraction of sp³-hybridized carbons (Fsp3) is 0.389. The van der Waals surface area contributed by atoms with Crippen LogP contribution in [0.1, 0.15) is 18.4 Å². The van der Waals surface area contributed by atoms with E-state index in [0.29, 0.717) is 35.2 Å². The Morgan fingerprint density at radius 3 is 2.69 bits per heavy atom. The number of nitrogens with zero attached hydrogens (tertiary/aromatic N) is 2. The first kappa shape index (κ1) is 19.4. The molecule has 1 saturated heterocycles. The minimum atomic E-state index is -3.51. The van der Waals surface area contributed by atoms with Crippen LogP contribution >= 0.6 is 22.9 Å². The number of carbonyl (C=O) groups excluding carboxylic acids is 1. The number of thiophene rings is 1. The van der Waals surface area contributed by atoms with Gasteiger partial charge in [-0.15, -0.1) is 11.3 Å². The summed E-state index contributed by atoms with van der Waals surface area (Å²) in [5.41, 5.74) is 0.990. The number of hydrogen-bond donors (Lipinski definition) is 0. The molecular formula is C18H21ClN2O3S2. The van der Waals surface area contributed by atoms with Crippen molar-refractivity contribution in [1.82, 2.24) is 9.21 Å². The summed E-state index contributed by atoms with van der Waals surface area (Å²) in [6, 6.07) is 10.7. The van der Waals surface area contributed by atoms with Gasteiger partial charge in [0.05, 0.1) is 5.92 Å². The number of rotatable bonds is 5. The molecule has 26 heavy (non-hydrogen) atoms. The summed E-state index contributed by atoms with van der Waals surface area (Å²) in [5.74, 6) is -0.332. The molecule has 1 aromatic carbocycles. The van der Waals surface area contributed by atoms with E-state index in [0.717, 1.165) is 5.56 Å². The van der Waals surface area contributed by atoms with E-state index in [4.69, 9.17) is 11.6 Å². The lowest BCUT2D eigenvalue weighted by molar-refractivity contribution is -0.135. The minimum absolute atomic E-state index is 0.0222. The SMILES string of the molecule is CN(Cc1ccc(Cl)cc1)C(=O)[C@@H]1CCCN(S(=O)(=O)c2cccs2)C1. The molecule has 3 rings (SSSR count). The summed E-state index contributed by atoms with van der Waals surface area (Å²) in [6.07, 6.45) is 1.40. The second-order valence-electron chi connectivity index (χ2n) is 6.46. The van der Waals surface area contributed by atoms with Gasteiger partial charge in [0.15, 0.2) is 0 Å². The molecule has 0 unspecified atom stereocenters. The number of piperidine rings is 1. The van der Waals surface area contributed by atoms with Crippen molar-refractivity contribution in [3.8, 4) is 0 Å². The van der Waals surface area contributed by atoms with Gasteiger partial charge in [-0.3, -0.25) is 4.79 Å². The Bertz CT molecular complexity index is 851. The molecule has 0 N–H and O–H groups in total. The number of amides is 1. The van der Waals surface area contributed by atoms with Crippen molar-refractivity contribution in [2.24, 2.45) is 5.92 Å². The zero-order valence-corrected chi connectivity index (χ0v) is 16.9. The number of hydrogen-bond acceptors (Lipinski definition) is 4. The Labute approximate surface area is 163 Å². The average Bonchev–Trinajstić information content (AvgIpc) is 3.18. The molecule has 1 fully saturated rings. The molecule has 0 spiro atoms. The summed E-state index contributed by atoms with van der Waals surface area (Å²) >= 11 is 7.10. The third kappa shape index (κ3) is 4.28. The monoisotopic (exact) mass is 412 g/mol. The van der Waals surface area contributed by atoms with Crippen LogP contribution in [-0.2, 0) is 21.4 Å². The van der Waals surface area contributed by atoms with Gasteiger partial charge >= 0.3 is 0 Å². The fourth-order valence-electron chi connectivity index (χ4n) is 3.15. The Kier molecular flexibility index (Phi) is 6.02. The molecule has 1 aliphatic rings. The van der Waals surface area contributed by atoms with Gasteiger partial charge in [-0.2, -0.15) is 4.31 Å². The van der Waals surface area contributed by atoms with E-state index in [1.54, 1.807) is 41.6 Å². The van der Waals surface area contributed by atoms with Gasteiger partial charge in [0.1, 0.15) is 4.21 Å². The van der Waals surface area contributed by atoms with E-state index in [-0.39, 0.29) is 18.4 Å². The molecule has 0 saturated carbocycles. The Balaban J connectivity index is 1.67. The molecule has 8 heteroatoms. The lowest BCUT2D eigenvalue weighted by Crippen LogP contribution is -2.45.